The summed E-state index contributed by atoms with van der Waals surface area (Å²) in [7, 11) is 0. The van der Waals surface area contributed by atoms with Gasteiger partial charge in [-0.1, -0.05) is 31.4 Å². The number of halogens is 1. The number of imide groups is 1. The number of non-ortho nitro benzene ring substituents is 1. The summed E-state index contributed by atoms with van der Waals surface area (Å²) in [5.41, 5.74) is -0.178. The molecule has 0 bridgehead atoms. The third-order valence-electron chi connectivity index (χ3n) is 4.17. The van der Waals surface area contributed by atoms with Gasteiger partial charge in [-0.3, -0.25) is 20.2 Å². The average molecular weight is 370 g/mol. The lowest BCUT2D eigenvalue weighted by Gasteiger charge is -2.29. The highest BCUT2D eigenvalue weighted by atomic mass is 35.5. The van der Waals surface area contributed by atoms with Crippen LogP contribution >= 0.6 is 11.6 Å². The predicted molar refractivity (Wildman–Crippen MR) is 91.7 cm³/mol. The molecule has 25 heavy (non-hydrogen) atoms. The van der Waals surface area contributed by atoms with Gasteiger partial charge < -0.3 is 10.1 Å². The van der Waals surface area contributed by atoms with Gasteiger partial charge in [0, 0.05) is 18.2 Å². The summed E-state index contributed by atoms with van der Waals surface area (Å²) in [6, 6.07) is 3.16. The fourth-order valence-corrected chi connectivity index (χ4v) is 2.99. The number of ether oxygens (including phenoxy) is 1. The lowest BCUT2D eigenvalue weighted by molar-refractivity contribution is -0.384. The van der Waals surface area contributed by atoms with Crippen molar-refractivity contribution in [1.29, 1.82) is 0 Å². The standard InChI is InChI=1S/C16H20ClN3O5/c1-10-4-2-3-5-13(10)18-16(22)19-15(21)9-25-14-7-6-11(20(23)24)8-12(14)17/h6-8,10,13H,2-5,9H2,1H3,(H2,18,19,21,22)/t10-,13-/m0/s1. The number of amides is 3. The minimum absolute atomic E-state index is 0.0162. The number of nitro benzene ring substituents is 1. The number of rotatable bonds is 5. The van der Waals surface area contributed by atoms with Gasteiger partial charge in [-0.15, -0.1) is 0 Å². The van der Waals surface area contributed by atoms with Crippen LogP contribution in [0.2, 0.25) is 5.02 Å². The molecular formula is C16H20ClN3O5. The number of urea groups is 1. The predicted octanol–water partition coefficient (Wildman–Crippen LogP) is 3.03. The molecule has 0 radical (unpaired) electrons. The molecule has 1 fully saturated rings. The molecule has 9 heteroatoms. The van der Waals surface area contributed by atoms with E-state index in [1.54, 1.807) is 0 Å². The van der Waals surface area contributed by atoms with Gasteiger partial charge in [0.05, 0.1) is 9.95 Å². The molecule has 2 atom stereocenters. The second kappa shape index (κ2) is 8.66. The van der Waals surface area contributed by atoms with Crippen LogP contribution in [-0.4, -0.2) is 29.5 Å². The molecule has 8 nitrogen and oxygen atoms in total. The van der Waals surface area contributed by atoms with Gasteiger partial charge in [-0.2, -0.15) is 0 Å². The lowest BCUT2D eigenvalue weighted by atomic mass is 9.86. The van der Waals surface area contributed by atoms with Crippen LogP contribution in [0.3, 0.4) is 0 Å². The van der Waals surface area contributed by atoms with Gasteiger partial charge in [0.1, 0.15) is 5.75 Å². The molecule has 2 rings (SSSR count). The maximum Gasteiger partial charge on any atom is 0.321 e. The fraction of sp³-hybridized carbons (Fsp3) is 0.500. The zero-order valence-corrected chi connectivity index (χ0v) is 14.5. The van der Waals surface area contributed by atoms with E-state index in [2.05, 4.69) is 17.6 Å². The Morgan fingerprint density at radius 3 is 2.72 bits per heavy atom. The van der Waals surface area contributed by atoms with Crippen molar-refractivity contribution in [2.24, 2.45) is 5.92 Å². The van der Waals surface area contributed by atoms with Crippen LogP contribution in [0.25, 0.3) is 0 Å². The first-order valence-electron chi connectivity index (χ1n) is 8.04. The van der Waals surface area contributed by atoms with Crippen molar-refractivity contribution < 1.29 is 19.2 Å². The summed E-state index contributed by atoms with van der Waals surface area (Å²) >= 11 is 5.87. The normalized spacial score (nSPS) is 19.8. The van der Waals surface area contributed by atoms with E-state index in [0.717, 1.165) is 31.7 Å². The SMILES string of the molecule is C[C@H]1CCCC[C@@H]1NC(=O)NC(=O)COc1ccc([N+](=O)[O-])cc1Cl. The smallest absolute Gasteiger partial charge is 0.321 e. The van der Waals surface area contributed by atoms with E-state index in [-0.39, 0.29) is 22.5 Å². The van der Waals surface area contributed by atoms with Gasteiger partial charge >= 0.3 is 6.03 Å². The number of carbonyl (C=O) groups is 2. The monoisotopic (exact) mass is 369 g/mol. The maximum atomic E-state index is 11.9. The van der Waals surface area contributed by atoms with Crippen LogP contribution in [0.1, 0.15) is 32.6 Å². The van der Waals surface area contributed by atoms with Crippen molar-refractivity contribution in [2.75, 3.05) is 6.61 Å². The zero-order chi connectivity index (χ0) is 18.4. The largest absolute Gasteiger partial charge is 0.482 e. The number of benzene rings is 1. The summed E-state index contributed by atoms with van der Waals surface area (Å²) in [5, 5.41) is 15.7. The van der Waals surface area contributed by atoms with E-state index < -0.39 is 23.5 Å². The van der Waals surface area contributed by atoms with Crippen molar-refractivity contribution in [3.05, 3.63) is 33.3 Å². The zero-order valence-electron chi connectivity index (χ0n) is 13.8. The van der Waals surface area contributed by atoms with E-state index in [1.807, 2.05) is 0 Å². The molecule has 3 amide bonds. The van der Waals surface area contributed by atoms with Gasteiger partial charge in [0.25, 0.3) is 11.6 Å². The minimum atomic E-state index is -0.629. The number of nitro groups is 1. The Bertz CT molecular complexity index is 667. The average Bonchev–Trinajstić information content (AvgIpc) is 2.55. The Hall–Kier alpha value is -2.35. The van der Waals surface area contributed by atoms with Crippen molar-refractivity contribution in [3.8, 4) is 5.75 Å². The summed E-state index contributed by atoms with van der Waals surface area (Å²) in [6.45, 7) is 1.65. The fourth-order valence-electron chi connectivity index (χ4n) is 2.76. The number of hydrogen-bond donors (Lipinski definition) is 2. The highest BCUT2D eigenvalue weighted by molar-refractivity contribution is 6.32. The molecular weight excluding hydrogens is 350 g/mol. The Balaban J connectivity index is 1.80. The quantitative estimate of drug-likeness (QED) is 0.612. The molecule has 0 aliphatic heterocycles. The first-order chi connectivity index (χ1) is 11.9. The number of nitrogens with zero attached hydrogens (tertiary/aromatic N) is 1. The van der Waals surface area contributed by atoms with Crippen LogP contribution in [-0.2, 0) is 4.79 Å². The molecule has 1 aliphatic carbocycles. The lowest BCUT2D eigenvalue weighted by Crippen LogP contribution is -2.48. The molecule has 0 spiro atoms. The number of carbonyl (C=O) groups excluding carboxylic acids is 2. The number of nitrogens with one attached hydrogen (secondary N) is 2. The molecule has 1 aromatic carbocycles. The summed E-state index contributed by atoms with van der Waals surface area (Å²) in [4.78, 5) is 33.7. The van der Waals surface area contributed by atoms with E-state index in [0.29, 0.717) is 5.92 Å². The van der Waals surface area contributed by atoms with Crippen LogP contribution in [0.15, 0.2) is 18.2 Å². The second-order valence-electron chi connectivity index (χ2n) is 6.05. The van der Waals surface area contributed by atoms with Crippen LogP contribution in [0.4, 0.5) is 10.5 Å². The van der Waals surface area contributed by atoms with Crippen LogP contribution in [0, 0.1) is 16.0 Å². The molecule has 0 unspecified atom stereocenters. The van der Waals surface area contributed by atoms with E-state index in [1.165, 1.54) is 12.1 Å². The third kappa shape index (κ3) is 5.60. The molecule has 0 heterocycles. The Kier molecular flexibility index (Phi) is 6.58. The Labute approximate surface area is 150 Å². The molecule has 0 aromatic heterocycles. The Morgan fingerprint density at radius 2 is 2.08 bits per heavy atom. The van der Waals surface area contributed by atoms with E-state index >= 15 is 0 Å². The molecule has 1 aliphatic rings. The van der Waals surface area contributed by atoms with Crippen LogP contribution < -0.4 is 15.4 Å². The third-order valence-corrected chi connectivity index (χ3v) is 4.46. The molecule has 2 N–H and O–H groups in total. The van der Waals surface area contributed by atoms with E-state index in [9.17, 15) is 19.7 Å². The van der Waals surface area contributed by atoms with Crippen molar-refractivity contribution >= 4 is 29.2 Å². The first kappa shape index (κ1) is 19.0. The van der Waals surface area contributed by atoms with Gasteiger partial charge in [-0.05, 0) is 24.8 Å². The summed E-state index contributed by atoms with van der Waals surface area (Å²) in [5.74, 6) is -0.121. The topological polar surface area (TPSA) is 111 Å². The van der Waals surface area contributed by atoms with Crippen molar-refractivity contribution in [2.45, 2.75) is 38.6 Å². The molecule has 1 aromatic rings. The minimum Gasteiger partial charge on any atom is -0.482 e. The first-order valence-corrected chi connectivity index (χ1v) is 8.41. The van der Waals surface area contributed by atoms with Crippen molar-refractivity contribution in [3.63, 3.8) is 0 Å². The number of hydrogen-bond acceptors (Lipinski definition) is 5. The highest BCUT2D eigenvalue weighted by Gasteiger charge is 2.23. The van der Waals surface area contributed by atoms with Gasteiger partial charge in [0.15, 0.2) is 6.61 Å². The molecule has 1 saturated carbocycles. The van der Waals surface area contributed by atoms with E-state index in [4.69, 9.17) is 16.3 Å². The molecule has 0 saturated heterocycles. The summed E-state index contributed by atoms with van der Waals surface area (Å²) < 4.78 is 5.20. The molecule has 136 valence electrons. The van der Waals surface area contributed by atoms with Crippen LogP contribution in [0.5, 0.6) is 5.75 Å². The second-order valence-corrected chi connectivity index (χ2v) is 6.46. The highest BCUT2D eigenvalue weighted by Crippen LogP contribution is 2.28. The van der Waals surface area contributed by atoms with Gasteiger partial charge in [-0.25, -0.2) is 4.79 Å². The summed E-state index contributed by atoms with van der Waals surface area (Å²) in [6.07, 6.45) is 4.17. The van der Waals surface area contributed by atoms with Gasteiger partial charge in [0.2, 0.25) is 0 Å². The van der Waals surface area contributed by atoms with Crippen molar-refractivity contribution in [1.82, 2.24) is 10.6 Å². The maximum absolute atomic E-state index is 11.9. The Morgan fingerprint density at radius 1 is 1.36 bits per heavy atom.